The molecule has 3 N–H and O–H groups in total. The van der Waals surface area contributed by atoms with E-state index in [9.17, 15) is 9.59 Å². The van der Waals surface area contributed by atoms with E-state index < -0.39 is 5.66 Å². The number of nitrogens with zero attached hydrogens (tertiary/aromatic N) is 1. The van der Waals surface area contributed by atoms with Gasteiger partial charge in [0, 0.05) is 41.8 Å². The molecule has 3 atom stereocenters. The molecule has 2 amide bonds. The lowest BCUT2D eigenvalue weighted by Gasteiger charge is -2.37. The SMILES string of the molecule is CCOc1cc(OC)ccc1C1(C(=O)N2CCNC(=O)C2)NC(C)C(c2ccc(Cl)cc2)N1. The van der Waals surface area contributed by atoms with Gasteiger partial charge in [0.25, 0.3) is 5.91 Å². The van der Waals surface area contributed by atoms with E-state index in [1.165, 1.54) is 0 Å². The molecule has 9 heteroatoms. The number of benzene rings is 2. The van der Waals surface area contributed by atoms with E-state index in [2.05, 4.69) is 16.0 Å². The summed E-state index contributed by atoms with van der Waals surface area (Å²) in [6, 6.07) is 12.7. The second kappa shape index (κ2) is 9.59. The fourth-order valence-electron chi connectivity index (χ4n) is 4.52. The fraction of sp³-hybridized carbons (Fsp3) is 0.417. The van der Waals surface area contributed by atoms with Crippen LogP contribution in [0.2, 0.25) is 5.02 Å². The van der Waals surface area contributed by atoms with Gasteiger partial charge in [-0.3, -0.25) is 20.2 Å². The number of piperazine rings is 1. The van der Waals surface area contributed by atoms with Crippen LogP contribution in [0.1, 0.15) is 31.0 Å². The van der Waals surface area contributed by atoms with Crippen molar-refractivity contribution in [1.29, 1.82) is 0 Å². The number of carbonyl (C=O) groups is 2. The van der Waals surface area contributed by atoms with Crippen molar-refractivity contribution in [2.75, 3.05) is 33.4 Å². The van der Waals surface area contributed by atoms with Gasteiger partial charge in [0.15, 0.2) is 5.66 Å². The number of hydrogen-bond acceptors (Lipinski definition) is 6. The number of methoxy groups -OCH3 is 1. The molecule has 3 unspecified atom stereocenters. The average Bonchev–Trinajstić information content (AvgIpc) is 3.17. The van der Waals surface area contributed by atoms with Crippen LogP contribution in [0, 0.1) is 0 Å². The van der Waals surface area contributed by atoms with Gasteiger partial charge < -0.3 is 19.7 Å². The molecule has 0 aliphatic carbocycles. The topological polar surface area (TPSA) is 91.9 Å². The van der Waals surface area contributed by atoms with Gasteiger partial charge in [-0.25, -0.2) is 0 Å². The van der Waals surface area contributed by atoms with Gasteiger partial charge in [0.2, 0.25) is 5.91 Å². The summed E-state index contributed by atoms with van der Waals surface area (Å²) >= 11 is 6.09. The lowest BCUT2D eigenvalue weighted by atomic mass is 9.96. The Morgan fingerprint density at radius 3 is 2.64 bits per heavy atom. The third kappa shape index (κ3) is 4.51. The highest BCUT2D eigenvalue weighted by Gasteiger charge is 2.53. The lowest BCUT2D eigenvalue weighted by Crippen LogP contribution is -2.63. The number of carbonyl (C=O) groups excluding carboxylic acids is 2. The Bertz CT molecular complexity index is 1030. The van der Waals surface area contributed by atoms with Crippen molar-refractivity contribution >= 4 is 23.4 Å². The summed E-state index contributed by atoms with van der Waals surface area (Å²) in [6.45, 7) is 5.18. The van der Waals surface area contributed by atoms with E-state index in [4.69, 9.17) is 21.1 Å². The van der Waals surface area contributed by atoms with Gasteiger partial charge in [-0.15, -0.1) is 0 Å². The van der Waals surface area contributed by atoms with Gasteiger partial charge in [0.1, 0.15) is 11.5 Å². The Kier molecular flexibility index (Phi) is 6.78. The number of amides is 2. The Balaban J connectivity index is 1.81. The first-order valence-corrected chi connectivity index (χ1v) is 11.4. The molecule has 8 nitrogen and oxygen atoms in total. The maximum atomic E-state index is 14.1. The molecule has 33 heavy (non-hydrogen) atoms. The summed E-state index contributed by atoms with van der Waals surface area (Å²) in [7, 11) is 1.59. The van der Waals surface area contributed by atoms with E-state index in [1.807, 2.05) is 44.2 Å². The van der Waals surface area contributed by atoms with Crippen LogP contribution in [-0.4, -0.2) is 56.1 Å². The van der Waals surface area contributed by atoms with Crippen molar-refractivity contribution in [3.8, 4) is 11.5 Å². The molecule has 2 aliphatic rings. The standard InChI is InChI=1S/C24H29ClN4O4/c1-4-33-20-13-18(32-3)9-10-19(20)24(23(31)29-12-11-26-21(30)14-29)27-15(2)22(28-24)16-5-7-17(25)8-6-16/h5-10,13,15,22,27-28H,4,11-12,14H2,1-3H3,(H,26,30). The van der Waals surface area contributed by atoms with Gasteiger partial charge in [-0.05, 0) is 43.7 Å². The molecular formula is C24H29ClN4O4. The molecule has 2 aliphatic heterocycles. The van der Waals surface area contributed by atoms with Crippen LogP contribution in [0.3, 0.4) is 0 Å². The molecule has 2 fully saturated rings. The highest BCUT2D eigenvalue weighted by Crippen LogP contribution is 2.40. The molecule has 0 spiro atoms. The van der Waals surface area contributed by atoms with Crippen LogP contribution in [0.4, 0.5) is 0 Å². The van der Waals surface area contributed by atoms with Crippen molar-refractivity contribution in [2.45, 2.75) is 31.6 Å². The summed E-state index contributed by atoms with van der Waals surface area (Å²) in [4.78, 5) is 27.7. The lowest BCUT2D eigenvalue weighted by molar-refractivity contribution is -0.144. The molecule has 0 aromatic heterocycles. The number of nitrogens with one attached hydrogen (secondary N) is 3. The zero-order valence-electron chi connectivity index (χ0n) is 19.0. The zero-order chi connectivity index (χ0) is 23.6. The first-order valence-electron chi connectivity index (χ1n) is 11.1. The van der Waals surface area contributed by atoms with E-state index in [1.54, 1.807) is 24.1 Å². The Morgan fingerprint density at radius 1 is 1.21 bits per heavy atom. The second-order valence-corrected chi connectivity index (χ2v) is 8.66. The van der Waals surface area contributed by atoms with Crippen LogP contribution in [0.15, 0.2) is 42.5 Å². The predicted molar refractivity (Wildman–Crippen MR) is 125 cm³/mol. The van der Waals surface area contributed by atoms with E-state index in [0.717, 1.165) is 5.56 Å². The van der Waals surface area contributed by atoms with Crippen LogP contribution in [0.25, 0.3) is 0 Å². The Hall–Kier alpha value is -2.81. The Morgan fingerprint density at radius 2 is 1.97 bits per heavy atom. The molecule has 2 aromatic carbocycles. The minimum atomic E-state index is -1.29. The summed E-state index contributed by atoms with van der Waals surface area (Å²) < 4.78 is 11.3. The van der Waals surface area contributed by atoms with Crippen molar-refractivity contribution in [1.82, 2.24) is 20.9 Å². The highest BCUT2D eigenvalue weighted by molar-refractivity contribution is 6.30. The van der Waals surface area contributed by atoms with Gasteiger partial charge in [-0.1, -0.05) is 23.7 Å². The van der Waals surface area contributed by atoms with Crippen LogP contribution in [-0.2, 0) is 15.3 Å². The number of halogens is 1. The smallest absolute Gasteiger partial charge is 0.263 e. The van der Waals surface area contributed by atoms with Crippen molar-refractivity contribution in [3.05, 3.63) is 58.6 Å². The minimum absolute atomic E-state index is 0.00403. The maximum Gasteiger partial charge on any atom is 0.263 e. The zero-order valence-corrected chi connectivity index (χ0v) is 19.7. The maximum absolute atomic E-state index is 14.1. The summed E-state index contributed by atoms with van der Waals surface area (Å²) in [5.41, 5.74) is 0.347. The largest absolute Gasteiger partial charge is 0.497 e. The van der Waals surface area contributed by atoms with Crippen LogP contribution < -0.4 is 25.4 Å². The summed E-state index contributed by atoms with van der Waals surface area (Å²) in [5, 5.41) is 10.5. The number of rotatable bonds is 6. The minimum Gasteiger partial charge on any atom is -0.497 e. The van der Waals surface area contributed by atoms with Crippen molar-refractivity contribution in [3.63, 3.8) is 0 Å². The molecule has 2 saturated heterocycles. The quantitative estimate of drug-likeness (QED) is 0.597. The first kappa shape index (κ1) is 23.4. The monoisotopic (exact) mass is 472 g/mol. The molecule has 176 valence electrons. The van der Waals surface area contributed by atoms with Crippen LogP contribution in [0.5, 0.6) is 11.5 Å². The van der Waals surface area contributed by atoms with Gasteiger partial charge >= 0.3 is 0 Å². The third-order valence-corrected chi connectivity index (χ3v) is 6.34. The second-order valence-electron chi connectivity index (χ2n) is 8.23. The molecule has 4 rings (SSSR count). The Labute approximate surface area is 198 Å². The summed E-state index contributed by atoms with van der Waals surface area (Å²) in [5.74, 6) is 0.759. The third-order valence-electron chi connectivity index (χ3n) is 6.08. The van der Waals surface area contributed by atoms with Crippen molar-refractivity contribution in [2.24, 2.45) is 0 Å². The first-order chi connectivity index (χ1) is 15.9. The molecular weight excluding hydrogens is 444 g/mol. The highest BCUT2D eigenvalue weighted by atomic mass is 35.5. The van der Waals surface area contributed by atoms with Gasteiger partial charge in [-0.2, -0.15) is 0 Å². The molecule has 0 bridgehead atoms. The van der Waals surface area contributed by atoms with Gasteiger partial charge in [0.05, 0.1) is 20.3 Å². The van der Waals surface area contributed by atoms with E-state index >= 15 is 0 Å². The molecule has 0 saturated carbocycles. The number of ether oxygens (including phenoxy) is 2. The van der Waals surface area contributed by atoms with Crippen molar-refractivity contribution < 1.29 is 19.1 Å². The number of hydrogen-bond donors (Lipinski definition) is 3. The van der Waals surface area contributed by atoms with Crippen LogP contribution >= 0.6 is 11.6 Å². The molecule has 0 radical (unpaired) electrons. The molecule has 2 aromatic rings. The summed E-state index contributed by atoms with van der Waals surface area (Å²) in [6.07, 6.45) is 0. The average molecular weight is 473 g/mol. The normalized spacial score (nSPS) is 25.0. The predicted octanol–water partition coefficient (Wildman–Crippen LogP) is 2.18. The fourth-order valence-corrected chi connectivity index (χ4v) is 4.65. The molecule has 2 heterocycles. The van der Waals surface area contributed by atoms with E-state index in [0.29, 0.717) is 41.8 Å². The van der Waals surface area contributed by atoms with E-state index in [-0.39, 0.29) is 30.4 Å².